The fourth-order valence-electron chi connectivity index (χ4n) is 1.83. The van der Waals surface area contributed by atoms with Crippen molar-refractivity contribution >= 4 is 17.6 Å². The first kappa shape index (κ1) is 11.4. The van der Waals surface area contributed by atoms with Crippen molar-refractivity contribution in [3.8, 4) is 5.75 Å². The maximum Gasteiger partial charge on any atom is 0.308 e. The molecule has 1 unspecified atom stereocenters. The van der Waals surface area contributed by atoms with Crippen LogP contribution in [0.5, 0.6) is 5.75 Å². The van der Waals surface area contributed by atoms with E-state index in [1.807, 2.05) is 0 Å². The Labute approximate surface area is 96.1 Å². The Kier molecular flexibility index (Phi) is 2.71. The molecule has 5 nitrogen and oxygen atoms in total. The van der Waals surface area contributed by atoms with Gasteiger partial charge >= 0.3 is 5.97 Å². The molecule has 0 saturated carbocycles. The number of hydrogen-bond acceptors (Lipinski definition) is 3. The Hall–Kier alpha value is -2.11. The molecule has 0 radical (unpaired) electrons. The normalized spacial score (nSPS) is 19.7. The number of nitrogens with zero attached hydrogens (tertiary/aromatic N) is 1. The molecule has 17 heavy (non-hydrogen) atoms. The number of aromatic hydroxyl groups is 1. The molecular weight excluding hydrogens is 229 g/mol. The molecule has 1 aromatic carbocycles. The summed E-state index contributed by atoms with van der Waals surface area (Å²) in [5.41, 5.74) is 0.139. The van der Waals surface area contributed by atoms with Crippen LogP contribution < -0.4 is 4.90 Å². The molecule has 1 heterocycles. The van der Waals surface area contributed by atoms with Crippen molar-refractivity contribution in [2.45, 2.75) is 6.42 Å². The minimum atomic E-state index is -1.05. The molecule has 1 saturated heterocycles. The molecule has 2 rings (SSSR count). The third-order valence-corrected chi connectivity index (χ3v) is 2.70. The number of carbonyl (C=O) groups excluding carboxylic acids is 1. The lowest BCUT2D eigenvalue weighted by Gasteiger charge is -2.17. The van der Waals surface area contributed by atoms with E-state index in [1.54, 1.807) is 0 Å². The van der Waals surface area contributed by atoms with E-state index in [0.29, 0.717) is 0 Å². The van der Waals surface area contributed by atoms with Crippen LogP contribution in [-0.2, 0) is 9.59 Å². The Morgan fingerprint density at radius 3 is 2.71 bits per heavy atom. The van der Waals surface area contributed by atoms with Crippen LogP contribution in [0.2, 0.25) is 0 Å². The molecule has 0 aliphatic carbocycles. The highest BCUT2D eigenvalue weighted by Crippen LogP contribution is 2.32. The van der Waals surface area contributed by atoms with Crippen molar-refractivity contribution in [2.24, 2.45) is 5.92 Å². The zero-order chi connectivity index (χ0) is 12.6. The summed E-state index contributed by atoms with van der Waals surface area (Å²) in [6, 6.07) is 3.25. The fraction of sp³-hybridized carbons (Fsp3) is 0.273. The van der Waals surface area contributed by atoms with Gasteiger partial charge in [-0.05, 0) is 12.1 Å². The number of hydrogen-bond donors (Lipinski definition) is 2. The summed E-state index contributed by atoms with van der Waals surface area (Å²) in [6.45, 7) is -0.00659. The second-order valence-electron chi connectivity index (χ2n) is 3.88. The number of rotatable bonds is 2. The molecule has 6 heteroatoms. The van der Waals surface area contributed by atoms with Crippen LogP contribution in [0.4, 0.5) is 10.1 Å². The van der Waals surface area contributed by atoms with Crippen molar-refractivity contribution in [1.82, 2.24) is 0 Å². The zero-order valence-corrected chi connectivity index (χ0v) is 8.76. The number of halogens is 1. The Balaban J connectivity index is 2.29. The van der Waals surface area contributed by atoms with Crippen molar-refractivity contribution in [1.29, 1.82) is 0 Å². The Bertz CT molecular complexity index is 488. The average Bonchev–Trinajstić information content (AvgIpc) is 2.61. The second kappa shape index (κ2) is 4.04. The predicted molar refractivity (Wildman–Crippen MR) is 56.2 cm³/mol. The van der Waals surface area contributed by atoms with Gasteiger partial charge in [0, 0.05) is 19.0 Å². The minimum absolute atomic E-state index is 0.00659. The molecule has 0 bridgehead atoms. The summed E-state index contributed by atoms with van der Waals surface area (Å²) < 4.78 is 12.8. The van der Waals surface area contributed by atoms with Gasteiger partial charge in [-0.2, -0.15) is 0 Å². The molecule has 1 atom stereocenters. The van der Waals surface area contributed by atoms with Crippen LogP contribution in [0.15, 0.2) is 18.2 Å². The van der Waals surface area contributed by atoms with Crippen LogP contribution >= 0.6 is 0 Å². The monoisotopic (exact) mass is 239 g/mol. The van der Waals surface area contributed by atoms with Crippen LogP contribution in [0.25, 0.3) is 0 Å². The maximum atomic E-state index is 12.8. The van der Waals surface area contributed by atoms with Gasteiger partial charge in [-0.1, -0.05) is 0 Å². The van der Waals surface area contributed by atoms with E-state index in [9.17, 15) is 19.1 Å². The predicted octanol–water partition coefficient (Wildman–Crippen LogP) is 0.969. The van der Waals surface area contributed by atoms with E-state index in [0.717, 1.165) is 17.0 Å². The first-order valence-electron chi connectivity index (χ1n) is 5.00. The SMILES string of the molecule is O=C(O)C1CC(=O)N(c2ccc(F)cc2O)C1. The van der Waals surface area contributed by atoms with E-state index in [4.69, 9.17) is 5.11 Å². The van der Waals surface area contributed by atoms with Crippen LogP contribution in [0.3, 0.4) is 0 Å². The molecule has 2 N–H and O–H groups in total. The molecule has 90 valence electrons. The van der Waals surface area contributed by atoms with Gasteiger partial charge in [0.1, 0.15) is 11.6 Å². The lowest BCUT2D eigenvalue weighted by atomic mass is 10.1. The van der Waals surface area contributed by atoms with Gasteiger partial charge in [0.25, 0.3) is 0 Å². The molecular formula is C11H10FNO4. The van der Waals surface area contributed by atoms with Crippen LogP contribution in [-0.4, -0.2) is 28.6 Å². The van der Waals surface area contributed by atoms with Gasteiger partial charge in [-0.25, -0.2) is 4.39 Å². The highest BCUT2D eigenvalue weighted by molar-refractivity contribution is 6.00. The number of aliphatic carboxylic acids is 1. The van der Waals surface area contributed by atoms with Gasteiger partial charge in [0.15, 0.2) is 0 Å². The number of carboxylic acid groups (broad SMARTS) is 1. The van der Waals surface area contributed by atoms with Gasteiger partial charge in [0.2, 0.25) is 5.91 Å². The second-order valence-corrected chi connectivity index (χ2v) is 3.88. The van der Waals surface area contributed by atoms with Crippen molar-refractivity contribution < 1.29 is 24.2 Å². The third-order valence-electron chi connectivity index (χ3n) is 2.70. The highest BCUT2D eigenvalue weighted by Gasteiger charge is 2.36. The highest BCUT2D eigenvalue weighted by atomic mass is 19.1. The molecule has 1 aromatic rings. The molecule has 0 aromatic heterocycles. The fourth-order valence-corrected chi connectivity index (χ4v) is 1.83. The quantitative estimate of drug-likeness (QED) is 0.806. The first-order chi connectivity index (χ1) is 7.99. The topological polar surface area (TPSA) is 77.8 Å². The lowest BCUT2D eigenvalue weighted by molar-refractivity contribution is -0.141. The number of carbonyl (C=O) groups is 2. The van der Waals surface area contributed by atoms with Gasteiger partial charge < -0.3 is 15.1 Å². The molecule has 1 amide bonds. The van der Waals surface area contributed by atoms with Gasteiger partial charge in [0.05, 0.1) is 11.6 Å². The van der Waals surface area contributed by atoms with Gasteiger partial charge in [-0.15, -0.1) is 0 Å². The third kappa shape index (κ3) is 2.06. The van der Waals surface area contributed by atoms with Gasteiger partial charge in [-0.3, -0.25) is 9.59 Å². The smallest absolute Gasteiger partial charge is 0.308 e. The first-order valence-corrected chi connectivity index (χ1v) is 5.00. The largest absolute Gasteiger partial charge is 0.506 e. The van der Waals surface area contributed by atoms with Crippen molar-refractivity contribution in [2.75, 3.05) is 11.4 Å². The molecule has 1 aliphatic heterocycles. The van der Waals surface area contributed by atoms with E-state index in [-0.39, 0.29) is 30.3 Å². The standard InChI is InChI=1S/C11H10FNO4/c12-7-1-2-8(9(14)4-7)13-5-6(11(16)17)3-10(13)15/h1-2,4,6,14H,3,5H2,(H,16,17). The summed E-state index contributed by atoms with van der Waals surface area (Å²) in [5, 5.41) is 18.3. The molecule has 0 spiro atoms. The average molecular weight is 239 g/mol. The molecule has 1 fully saturated rings. The summed E-state index contributed by atoms with van der Waals surface area (Å²) >= 11 is 0. The van der Waals surface area contributed by atoms with Crippen molar-refractivity contribution in [3.05, 3.63) is 24.0 Å². The van der Waals surface area contributed by atoms with Crippen LogP contribution in [0.1, 0.15) is 6.42 Å². The van der Waals surface area contributed by atoms with E-state index >= 15 is 0 Å². The number of phenolic OH excluding ortho intramolecular Hbond substituents is 1. The number of amides is 1. The van der Waals surface area contributed by atoms with Crippen molar-refractivity contribution in [3.63, 3.8) is 0 Å². The summed E-state index contributed by atoms with van der Waals surface area (Å²) in [4.78, 5) is 23.5. The summed E-state index contributed by atoms with van der Waals surface area (Å²) in [7, 11) is 0. The zero-order valence-electron chi connectivity index (χ0n) is 8.76. The minimum Gasteiger partial charge on any atom is -0.506 e. The number of benzene rings is 1. The number of phenols is 1. The number of carboxylic acids is 1. The Morgan fingerprint density at radius 2 is 2.18 bits per heavy atom. The summed E-state index contributed by atoms with van der Waals surface area (Å²) in [5.74, 6) is -3.22. The van der Waals surface area contributed by atoms with E-state index in [2.05, 4.69) is 0 Å². The Morgan fingerprint density at radius 1 is 1.47 bits per heavy atom. The van der Waals surface area contributed by atoms with Crippen LogP contribution in [0, 0.1) is 11.7 Å². The maximum absolute atomic E-state index is 12.8. The van der Waals surface area contributed by atoms with E-state index in [1.165, 1.54) is 6.07 Å². The number of anilines is 1. The van der Waals surface area contributed by atoms with E-state index < -0.39 is 17.7 Å². The lowest BCUT2D eigenvalue weighted by Crippen LogP contribution is -2.25. The summed E-state index contributed by atoms with van der Waals surface area (Å²) in [6.07, 6.45) is -0.105. The molecule has 1 aliphatic rings.